The Labute approximate surface area is 109 Å². The summed E-state index contributed by atoms with van der Waals surface area (Å²) in [6, 6.07) is 2.76. The van der Waals surface area contributed by atoms with Crippen molar-refractivity contribution in [1.82, 2.24) is 5.32 Å². The van der Waals surface area contributed by atoms with Crippen LogP contribution in [0.1, 0.15) is 30.1 Å². The minimum absolute atomic E-state index is 0.0441. The molecule has 0 bridgehead atoms. The van der Waals surface area contributed by atoms with Crippen LogP contribution >= 0.6 is 0 Å². The van der Waals surface area contributed by atoms with Gasteiger partial charge >= 0.3 is 12.0 Å². The standard InChI is InChI=1S/C13H15FN2O3/c1-7-4-9(5-7)15-13(19)16-11-6-8(14)2-3-10(11)12(17)18/h2-3,6-7,9H,4-5H2,1H3,(H,17,18)(H2,15,16,19). The highest BCUT2D eigenvalue weighted by Crippen LogP contribution is 2.26. The number of carboxylic acid groups (broad SMARTS) is 1. The van der Waals surface area contributed by atoms with Crippen LogP contribution < -0.4 is 10.6 Å². The molecule has 1 aromatic carbocycles. The van der Waals surface area contributed by atoms with Crippen LogP contribution in [0.4, 0.5) is 14.9 Å². The lowest BCUT2D eigenvalue weighted by Gasteiger charge is -2.33. The summed E-state index contributed by atoms with van der Waals surface area (Å²) in [5, 5.41) is 14.0. The molecule has 1 fully saturated rings. The van der Waals surface area contributed by atoms with E-state index in [0.717, 1.165) is 31.0 Å². The van der Waals surface area contributed by atoms with Gasteiger partial charge < -0.3 is 15.7 Å². The van der Waals surface area contributed by atoms with Gasteiger partial charge in [0.1, 0.15) is 5.82 Å². The van der Waals surface area contributed by atoms with Crippen molar-refractivity contribution in [2.24, 2.45) is 5.92 Å². The molecule has 0 heterocycles. The van der Waals surface area contributed by atoms with Crippen LogP contribution in [-0.2, 0) is 0 Å². The van der Waals surface area contributed by atoms with E-state index in [9.17, 15) is 14.0 Å². The Morgan fingerprint density at radius 1 is 1.37 bits per heavy atom. The van der Waals surface area contributed by atoms with E-state index in [4.69, 9.17) is 5.11 Å². The highest BCUT2D eigenvalue weighted by Gasteiger charge is 2.26. The molecule has 1 aliphatic carbocycles. The molecular formula is C13H15FN2O3. The second kappa shape index (κ2) is 5.26. The molecule has 2 amide bonds. The number of urea groups is 1. The normalized spacial score (nSPS) is 21.4. The fraction of sp³-hybridized carbons (Fsp3) is 0.385. The molecule has 0 aliphatic heterocycles. The lowest BCUT2D eigenvalue weighted by atomic mass is 9.82. The summed E-state index contributed by atoms with van der Waals surface area (Å²) >= 11 is 0. The molecule has 1 aromatic rings. The van der Waals surface area contributed by atoms with Crippen LogP contribution in [0.2, 0.25) is 0 Å². The predicted octanol–water partition coefficient (Wildman–Crippen LogP) is 2.44. The zero-order chi connectivity index (χ0) is 14.0. The SMILES string of the molecule is CC1CC(NC(=O)Nc2cc(F)ccc2C(=O)O)C1. The molecule has 0 spiro atoms. The van der Waals surface area contributed by atoms with Gasteiger partial charge in [0.2, 0.25) is 0 Å². The molecule has 5 nitrogen and oxygen atoms in total. The number of amides is 2. The van der Waals surface area contributed by atoms with Crippen LogP contribution in [0.5, 0.6) is 0 Å². The van der Waals surface area contributed by atoms with Crippen LogP contribution in [0.15, 0.2) is 18.2 Å². The number of carbonyl (C=O) groups is 2. The van der Waals surface area contributed by atoms with E-state index >= 15 is 0 Å². The lowest BCUT2D eigenvalue weighted by Crippen LogP contribution is -2.45. The number of hydrogen-bond donors (Lipinski definition) is 3. The Bertz CT molecular complexity index is 513. The summed E-state index contributed by atoms with van der Waals surface area (Å²) in [6.45, 7) is 2.09. The smallest absolute Gasteiger partial charge is 0.337 e. The Balaban J connectivity index is 2.03. The maximum atomic E-state index is 13.1. The maximum Gasteiger partial charge on any atom is 0.337 e. The number of hydrogen-bond acceptors (Lipinski definition) is 2. The van der Waals surface area contributed by atoms with Crippen LogP contribution in [-0.4, -0.2) is 23.1 Å². The summed E-state index contributed by atoms with van der Waals surface area (Å²) in [5.74, 6) is -1.22. The van der Waals surface area contributed by atoms with Gasteiger partial charge in [-0.25, -0.2) is 14.0 Å². The highest BCUT2D eigenvalue weighted by molar-refractivity contribution is 6.00. The molecule has 6 heteroatoms. The second-order valence-corrected chi connectivity index (χ2v) is 4.87. The third-order valence-electron chi connectivity index (χ3n) is 3.17. The molecule has 0 atom stereocenters. The molecule has 0 aromatic heterocycles. The molecule has 3 N–H and O–H groups in total. The van der Waals surface area contributed by atoms with E-state index in [1.807, 2.05) is 0 Å². The van der Waals surface area contributed by atoms with Gasteiger partial charge in [0, 0.05) is 6.04 Å². The van der Waals surface area contributed by atoms with E-state index in [1.165, 1.54) is 0 Å². The van der Waals surface area contributed by atoms with Crippen LogP contribution in [0.25, 0.3) is 0 Å². The van der Waals surface area contributed by atoms with Crippen molar-refractivity contribution in [3.05, 3.63) is 29.6 Å². The van der Waals surface area contributed by atoms with Crippen LogP contribution in [0, 0.1) is 11.7 Å². The molecule has 1 aliphatic rings. The van der Waals surface area contributed by atoms with Gasteiger partial charge in [-0.2, -0.15) is 0 Å². The van der Waals surface area contributed by atoms with Gasteiger partial charge in [-0.1, -0.05) is 6.92 Å². The average Bonchev–Trinajstić information content (AvgIpc) is 2.26. The van der Waals surface area contributed by atoms with E-state index < -0.39 is 17.8 Å². The zero-order valence-electron chi connectivity index (χ0n) is 10.4. The first-order valence-corrected chi connectivity index (χ1v) is 6.06. The summed E-state index contributed by atoms with van der Waals surface area (Å²) in [6.07, 6.45) is 1.81. The fourth-order valence-electron chi connectivity index (χ4n) is 2.17. The molecule has 19 heavy (non-hydrogen) atoms. The van der Waals surface area contributed by atoms with Gasteiger partial charge in [0.25, 0.3) is 0 Å². The molecule has 0 unspecified atom stereocenters. The first-order chi connectivity index (χ1) is 8.95. The predicted molar refractivity (Wildman–Crippen MR) is 67.7 cm³/mol. The number of nitrogens with one attached hydrogen (secondary N) is 2. The first-order valence-electron chi connectivity index (χ1n) is 6.06. The minimum atomic E-state index is -1.22. The van der Waals surface area contributed by atoms with E-state index in [2.05, 4.69) is 17.6 Å². The Morgan fingerprint density at radius 2 is 2.05 bits per heavy atom. The van der Waals surface area contributed by atoms with E-state index in [-0.39, 0.29) is 17.3 Å². The van der Waals surface area contributed by atoms with Gasteiger partial charge in [-0.3, -0.25) is 0 Å². The average molecular weight is 266 g/mol. The molecular weight excluding hydrogens is 251 g/mol. The number of rotatable bonds is 3. The molecule has 0 saturated heterocycles. The quantitative estimate of drug-likeness (QED) is 0.786. The first kappa shape index (κ1) is 13.3. The number of aromatic carboxylic acids is 1. The number of carbonyl (C=O) groups excluding carboxylic acids is 1. The Morgan fingerprint density at radius 3 is 2.63 bits per heavy atom. The molecule has 0 radical (unpaired) electrons. The molecule has 1 saturated carbocycles. The van der Waals surface area contributed by atoms with Crippen molar-refractivity contribution in [3.63, 3.8) is 0 Å². The monoisotopic (exact) mass is 266 g/mol. The molecule has 2 rings (SSSR count). The summed E-state index contributed by atoms with van der Waals surface area (Å²) in [4.78, 5) is 22.6. The number of benzene rings is 1. The second-order valence-electron chi connectivity index (χ2n) is 4.87. The van der Waals surface area contributed by atoms with E-state index in [1.54, 1.807) is 0 Å². The van der Waals surface area contributed by atoms with Crippen molar-refractivity contribution < 1.29 is 19.1 Å². The van der Waals surface area contributed by atoms with Crippen molar-refractivity contribution in [1.29, 1.82) is 0 Å². The summed E-state index contributed by atoms with van der Waals surface area (Å²) in [7, 11) is 0. The van der Waals surface area contributed by atoms with E-state index in [0.29, 0.717) is 5.92 Å². The third-order valence-corrected chi connectivity index (χ3v) is 3.17. The number of carboxylic acids is 1. The number of anilines is 1. The van der Waals surface area contributed by atoms with Crippen molar-refractivity contribution >= 4 is 17.7 Å². The largest absolute Gasteiger partial charge is 0.478 e. The zero-order valence-corrected chi connectivity index (χ0v) is 10.4. The summed E-state index contributed by atoms with van der Waals surface area (Å²) < 4.78 is 13.1. The minimum Gasteiger partial charge on any atom is -0.478 e. The topological polar surface area (TPSA) is 78.4 Å². The van der Waals surface area contributed by atoms with Crippen molar-refractivity contribution in [2.45, 2.75) is 25.8 Å². The van der Waals surface area contributed by atoms with Gasteiger partial charge in [-0.15, -0.1) is 0 Å². The van der Waals surface area contributed by atoms with Crippen molar-refractivity contribution in [2.75, 3.05) is 5.32 Å². The lowest BCUT2D eigenvalue weighted by molar-refractivity contribution is 0.0698. The Kier molecular flexibility index (Phi) is 3.69. The maximum absolute atomic E-state index is 13.1. The van der Waals surface area contributed by atoms with Crippen LogP contribution in [0.3, 0.4) is 0 Å². The third kappa shape index (κ3) is 3.21. The number of halogens is 1. The van der Waals surface area contributed by atoms with Gasteiger partial charge in [0.15, 0.2) is 0 Å². The summed E-state index contributed by atoms with van der Waals surface area (Å²) in [5.41, 5.74) is -0.184. The molecule has 102 valence electrons. The Hall–Kier alpha value is -2.11. The van der Waals surface area contributed by atoms with Gasteiger partial charge in [0.05, 0.1) is 11.3 Å². The fourth-order valence-corrected chi connectivity index (χ4v) is 2.17. The highest BCUT2D eigenvalue weighted by atomic mass is 19.1. The van der Waals surface area contributed by atoms with Gasteiger partial charge in [-0.05, 0) is 37.0 Å². The van der Waals surface area contributed by atoms with Crippen molar-refractivity contribution in [3.8, 4) is 0 Å².